The summed E-state index contributed by atoms with van der Waals surface area (Å²) in [4.78, 5) is 2.34. The van der Waals surface area contributed by atoms with E-state index in [1.54, 1.807) is 0 Å². The standard InChI is InChI=1S/C16H25ClN2O/c1-13(15-3-2-4-16(17)11-15)18-12-14-5-7-19(8-6-14)9-10-20/h2-4,11,13-14,18,20H,5-10,12H2,1H3/t13-/m1/s1. The van der Waals surface area contributed by atoms with Crippen LogP contribution in [0.1, 0.15) is 31.4 Å². The molecule has 112 valence electrons. The first-order valence-corrected chi connectivity index (χ1v) is 7.89. The van der Waals surface area contributed by atoms with Crippen molar-refractivity contribution in [1.29, 1.82) is 0 Å². The average molecular weight is 297 g/mol. The second-order valence-corrected chi connectivity index (χ2v) is 6.13. The molecule has 1 saturated heterocycles. The molecule has 1 aromatic rings. The summed E-state index contributed by atoms with van der Waals surface area (Å²) in [6.45, 7) is 6.55. The molecule has 3 nitrogen and oxygen atoms in total. The number of likely N-dealkylation sites (tertiary alicyclic amines) is 1. The predicted molar refractivity (Wildman–Crippen MR) is 84.1 cm³/mol. The molecular weight excluding hydrogens is 272 g/mol. The zero-order chi connectivity index (χ0) is 14.4. The van der Waals surface area contributed by atoms with Crippen molar-refractivity contribution in [1.82, 2.24) is 10.2 Å². The van der Waals surface area contributed by atoms with Gasteiger partial charge in [-0.3, -0.25) is 0 Å². The first kappa shape index (κ1) is 15.8. The summed E-state index contributed by atoms with van der Waals surface area (Å²) >= 11 is 6.03. The molecule has 1 aliphatic rings. The topological polar surface area (TPSA) is 35.5 Å². The lowest BCUT2D eigenvalue weighted by molar-refractivity contribution is 0.146. The minimum absolute atomic E-state index is 0.273. The lowest BCUT2D eigenvalue weighted by Crippen LogP contribution is -2.39. The van der Waals surface area contributed by atoms with E-state index < -0.39 is 0 Å². The highest BCUT2D eigenvalue weighted by atomic mass is 35.5. The Balaban J connectivity index is 1.73. The second-order valence-electron chi connectivity index (χ2n) is 5.69. The summed E-state index contributed by atoms with van der Waals surface area (Å²) in [5.41, 5.74) is 1.25. The molecule has 0 aromatic heterocycles. The number of halogens is 1. The Hall–Kier alpha value is -0.610. The van der Waals surface area contributed by atoms with Gasteiger partial charge in [-0.15, -0.1) is 0 Å². The summed E-state index contributed by atoms with van der Waals surface area (Å²) in [5.74, 6) is 0.742. The number of rotatable bonds is 6. The monoisotopic (exact) mass is 296 g/mol. The van der Waals surface area contributed by atoms with Crippen LogP contribution in [0, 0.1) is 5.92 Å². The largest absolute Gasteiger partial charge is 0.395 e. The highest BCUT2D eigenvalue weighted by molar-refractivity contribution is 6.30. The quantitative estimate of drug-likeness (QED) is 0.847. The van der Waals surface area contributed by atoms with Gasteiger partial charge in [-0.05, 0) is 63.0 Å². The summed E-state index contributed by atoms with van der Waals surface area (Å²) in [6, 6.07) is 8.40. The number of nitrogens with zero attached hydrogens (tertiary/aromatic N) is 1. The SMILES string of the molecule is C[C@@H](NCC1CCN(CCO)CC1)c1cccc(Cl)c1. The molecule has 1 heterocycles. The van der Waals surface area contributed by atoms with Gasteiger partial charge < -0.3 is 15.3 Å². The molecule has 0 aliphatic carbocycles. The molecule has 2 N–H and O–H groups in total. The van der Waals surface area contributed by atoms with E-state index in [2.05, 4.69) is 23.2 Å². The molecule has 0 radical (unpaired) electrons. The third-order valence-electron chi connectivity index (χ3n) is 4.18. The van der Waals surface area contributed by atoms with Crippen LogP contribution in [0.5, 0.6) is 0 Å². The van der Waals surface area contributed by atoms with Gasteiger partial charge in [-0.2, -0.15) is 0 Å². The van der Waals surface area contributed by atoms with Crippen molar-refractivity contribution in [3.05, 3.63) is 34.9 Å². The fourth-order valence-corrected chi connectivity index (χ4v) is 2.99. The van der Waals surface area contributed by atoms with Crippen molar-refractivity contribution in [3.8, 4) is 0 Å². The third kappa shape index (κ3) is 4.74. The molecule has 2 rings (SSSR count). The van der Waals surface area contributed by atoms with E-state index in [0.29, 0.717) is 6.04 Å². The van der Waals surface area contributed by atoms with E-state index in [1.165, 1.54) is 18.4 Å². The number of benzene rings is 1. The van der Waals surface area contributed by atoms with E-state index >= 15 is 0 Å². The number of hydrogen-bond acceptors (Lipinski definition) is 3. The first-order chi connectivity index (χ1) is 9.69. The van der Waals surface area contributed by atoms with Gasteiger partial charge in [-0.25, -0.2) is 0 Å². The van der Waals surface area contributed by atoms with Crippen molar-refractivity contribution in [3.63, 3.8) is 0 Å². The van der Waals surface area contributed by atoms with Gasteiger partial charge in [0, 0.05) is 17.6 Å². The normalized spacial score (nSPS) is 19.1. The van der Waals surface area contributed by atoms with Crippen LogP contribution in [-0.2, 0) is 0 Å². The maximum absolute atomic E-state index is 8.94. The highest BCUT2D eigenvalue weighted by Crippen LogP contribution is 2.20. The average Bonchev–Trinajstić information content (AvgIpc) is 2.46. The van der Waals surface area contributed by atoms with E-state index in [1.807, 2.05) is 18.2 Å². The Kier molecular flexibility index (Phi) is 6.30. The maximum atomic E-state index is 8.94. The summed E-state index contributed by atoms with van der Waals surface area (Å²) in [6.07, 6.45) is 2.44. The van der Waals surface area contributed by atoms with E-state index in [0.717, 1.165) is 37.1 Å². The van der Waals surface area contributed by atoms with Gasteiger partial charge in [0.1, 0.15) is 0 Å². The molecule has 20 heavy (non-hydrogen) atoms. The minimum Gasteiger partial charge on any atom is -0.395 e. The van der Waals surface area contributed by atoms with Gasteiger partial charge in [0.2, 0.25) is 0 Å². The first-order valence-electron chi connectivity index (χ1n) is 7.51. The van der Waals surface area contributed by atoms with Crippen LogP contribution in [0.15, 0.2) is 24.3 Å². The number of β-amino-alcohol motifs (C(OH)–C–C–N with tert-alkyl or cyclic N) is 1. The van der Waals surface area contributed by atoms with Gasteiger partial charge in [0.25, 0.3) is 0 Å². The number of nitrogens with one attached hydrogen (secondary N) is 1. The summed E-state index contributed by atoms with van der Waals surface area (Å²) in [5, 5.41) is 13.4. The van der Waals surface area contributed by atoms with Crippen LogP contribution in [-0.4, -0.2) is 42.8 Å². The number of hydrogen-bond donors (Lipinski definition) is 2. The molecular formula is C16H25ClN2O. The Morgan fingerprint density at radius 3 is 2.80 bits per heavy atom. The van der Waals surface area contributed by atoms with Crippen LogP contribution >= 0.6 is 11.6 Å². The van der Waals surface area contributed by atoms with Gasteiger partial charge in [0.05, 0.1) is 6.61 Å². The number of aliphatic hydroxyl groups is 1. The van der Waals surface area contributed by atoms with Crippen molar-refractivity contribution >= 4 is 11.6 Å². The van der Waals surface area contributed by atoms with E-state index in [4.69, 9.17) is 16.7 Å². The Bertz CT molecular complexity index is 405. The summed E-state index contributed by atoms with van der Waals surface area (Å²) in [7, 11) is 0. The third-order valence-corrected chi connectivity index (χ3v) is 4.42. The molecule has 1 aliphatic heterocycles. The molecule has 0 spiro atoms. The molecule has 1 atom stereocenters. The molecule has 4 heteroatoms. The van der Waals surface area contributed by atoms with Crippen LogP contribution in [0.2, 0.25) is 5.02 Å². The van der Waals surface area contributed by atoms with Crippen molar-refractivity contribution < 1.29 is 5.11 Å². The minimum atomic E-state index is 0.273. The van der Waals surface area contributed by atoms with Crippen molar-refractivity contribution in [2.24, 2.45) is 5.92 Å². The van der Waals surface area contributed by atoms with E-state index in [9.17, 15) is 0 Å². The zero-order valence-electron chi connectivity index (χ0n) is 12.2. The smallest absolute Gasteiger partial charge is 0.0558 e. The molecule has 0 bridgehead atoms. The Labute approximate surface area is 126 Å². The fourth-order valence-electron chi connectivity index (χ4n) is 2.79. The van der Waals surface area contributed by atoms with Crippen LogP contribution in [0.3, 0.4) is 0 Å². The van der Waals surface area contributed by atoms with Crippen molar-refractivity contribution in [2.45, 2.75) is 25.8 Å². The molecule has 1 fully saturated rings. The molecule has 0 unspecified atom stereocenters. The molecule has 1 aromatic carbocycles. The number of piperidine rings is 1. The Morgan fingerprint density at radius 2 is 2.15 bits per heavy atom. The van der Waals surface area contributed by atoms with Crippen LogP contribution < -0.4 is 5.32 Å². The van der Waals surface area contributed by atoms with Gasteiger partial charge in [-0.1, -0.05) is 23.7 Å². The Morgan fingerprint density at radius 1 is 1.40 bits per heavy atom. The second kappa shape index (κ2) is 7.99. The lowest BCUT2D eigenvalue weighted by Gasteiger charge is -2.32. The summed E-state index contributed by atoms with van der Waals surface area (Å²) < 4.78 is 0. The maximum Gasteiger partial charge on any atom is 0.0558 e. The highest BCUT2D eigenvalue weighted by Gasteiger charge is 2.19. The van der Waals surface area contributed by atoms with Gasteiger partial charge in [0.15, 0.2) is 0 Å². The van der Waals surface area contributed by atoms with Crippen LogP contribution in [0.4, 0.5) is 0 Å². The molecule has 0 saturated carbocycles. The molecule has 0 amide bonds. The predicted octanol–water partition coefficient (Wildman–Crippen LogP) is 2.69. The number of aliphatic hydroxyl groups excluding tert-OH is 1. The zero-order valence-corrected chi connectivity index (χ0v) is 12.9. The fraction of sp³-hybridized carbons (Fsp3) is 0.625. The van der Waals surface area contributed by atoms with Crippen molar-refractivity contribution in [2.75, 3.05) is 32.8 Å². The van der Waals surface area contributed by atoms with E-state index in [-0.39, 0.29) is 6.61 Å². The van der Waals surface area contributed by atoms with Crippen LogP contribution in [0.25, 0.3) is 0 Å². The van der Waals surface area contributed by atoms with Gasteiger partial charge >= 0.3 is 0 Å². The lowest BCUT2D eigenvalue weighted by atomic mass is 9.96.